The molecular formula is C17H20ClNO5S. The highest BCUT2D eigenvalue weighted by Crippen LogP contribution is 2.40. The smallest absolute Gasteiger partial charge is 0.355 e. The van der Waals surface area contributed by atoms with E-state index in [9.17, 15) is 9.59 Å². The Morgan fingerprint density at radius 3 is 2.60 bits per heavy atom. The van der Waals surface area contributed by atoms with Crippen LogP contribution in [0.1, 0.15) is 12.0 Å². The van der Waals surface area contributed by atoms with Gasteiger partial charge in [-0.2, -0.15) is 0 Å². The molecule has 1 amide bonds. The minimum atomic E-state index is -0.491. The first-order chi connectivity index (χ1) is 12.1. The fourth-order valence-electron chi connectivity index (χ4n) is 2.51. The van der Waals surface area contributed by atoms with Gasteiger partial charge in [0.15, 0.2) is 0 Å². The SMILES string of the molecule is CO.COc1ccc(COC(=O)C2=C(CCl)CSC3CC(=O)N23)cc1. The Kier molecular flexibility index (Phi) is 7.16. The van der Waals surface area contributed by atoms with E-state index in [1.165, 1.54) is 4.90 Å². The number of hydrogen-bond acceptors (Lipinski definition) is 6. The first-order valence-electron chi connectivity index (χ1n) is 7.60. The van der Waals surface area contributed by atoms with Gasteiger partial charge in [-0.05, 0) is 23.3 Å². The summed E-state index contributed by atoms with van der Waals surface area (Å²) in [5, 5.41) is 7.04. The van der Waals surface area contributed by atoms with Crippen LogP contribution in [0.5, 0.6) is 5.75 Å². The Balaban J connectivity index is 0.00000109. The van der Waals surface area contributed by atoms with Crippen LogP contribution in [0.15, 0.2) is 35.5 Å². The summed E-state index contributed by atoms with van der Waals surface area (Å²) >= 11 is 7.55. The zero-order valence-corrected chi connectivity index (χ0v) is 15.6. The number of aliphatic hydroxyl groups excluding tert-OH is 1. The maximum Gasteiger partial charge on any atom is 0.355 e. The van der Waals surface area contributed by atoms with Crippen molar-refractivity contribution in [1.29, 1.82) is 0 Å². The molecule has 0 aromatic heterocycles. The minimum Gasteiger partial charge on any atom is -0.497 e. The molecule has 1 fully saturated rings. The molecular weight excluding hydrogens is 366 g/mol. The number of amides is 1. The van der Waals surface area contributed by atoms with Gasteiger partial charge in [0.1, 0.15) is 18.1 Å². The van der Waals surface area contributed by atoms with Crippen molar-refractivity contribution in [1.82, 2.24) is 4.90 Å². The van der Waals surface area contributed by atoms with Gasteiger partial charge in [0.2, 0.25) is 5.91 Å². The van der Waals surface area contributed by atoms with E-state index in [-0.39, 0.29) is 23.8 Å². The zero-order chi connectivity index (χ0) is 18.4. The van der Waals surface area contributed by atoms with Gasteiger partial charge in [-0.3, -0.25) is 9.69 Å². The fourth-order valence-corrected chi connectivity index (χ4v) is 4.11. The standard InChI is InChI=1S/C16H16ClNO4S.CH4O/c1-21-12-4-2-10(3-5-12)8-22-16(20)15-11(7-17)9-23-14-6-13(19)18(14)15;1-2/h2-5,14H,6-9H2,1H3;2H,1H3. The highest BCUT2D eigenvalue weighted by Gasteiger charge is 2.45. The van der Waals surface area contributed by atoms with Crippen molar-refractivity contribution in [3.8, 4) is 5.75 Å². The number of nitrogens with zero attached hydrogens (tertiary/aromatic N) is 1. The molecule has 1 N–H and O–H groups in total. The van der Waals surface area contributed by atoms with Gasteiger partial charge in [0.25, 0.3) is 0 Å². The van der Waals surface area contributed by atoms with E-state index < -0.39 is 5.97 Å². The number of halogens is 1. The number of thioether (sulfide) groups is 1. The summed E-state index contributed by atoms with van der Waals surface area (Å²) in [6.45, 7) is 0.141. The number of ether oxygens (including phenoxy) is 2. The van der Waals surface area contributed by atoms with E-state index in [4.69, 9.17) is 26.2 Å². The number of fused-ring (bicyclic) bond motifs is 1. The van der Waals surface area contributed by atoms with Crippen molar-refractivity contribution in [2.75, 3.05) is 25.9 Å². The van der Waals surface area contributed by atoms with Crippen molar-refractivity contribution in [2.24, 2.45) is 0 Å². The lowest BCUT2D eigenvalue weighted by Gasteiger charge is -2.44. The maximum atomic E-state index is 12.4. The summed E-state index contributed by atoms with van der Waals surface area (Å²) in [6.07, 6.45) is 0.468. The molecule has 3 rings (SSSR count). The van der Waals surface area contributed by atoms with Gasteiger partial charge in [0, 0.05) is 18.7 Å². The van der Waals surface area contributed by atoms with Gasteiger partial charge >= 0.3 is 5.97 Å². The zero-order valence-electron chi connectivity index (χ0n) is 14.0. The topological polar surface area (TPSA) is 76.1 Å². The van der Waals surface area contributed by atoms with Gasteiger partial charge in [0.05, 0.1) is 18.9 Å². The number of benzene rings is 1. The molecule has 0 spiro atoms. The summed E-state index contributed by atoms with van der Waals surface area (Å²) in [6, 6.07) is 7.27. The molecule has 0 bridgehead atoms. The number of alkyl halides is 1. The number of hydrogen-bond donors (Lipinski definition) is 1. The predicted octanol–water partition coefficient (Wildman–Crippen LogP) is 2.14. The quantitative estimate of drug-likeness (QED) is 0.475. The Bertz CT molecular complexity index is 662. The number of aliphatic hydroxyl groups is 1. The average molecular weight is 386 g/mol. The molecule has 2 heterocycles. The largest absolute Gasteiger partial charge is 0.497 e. The number of rotatable bonds is 5. The van der Waals surface area contributed by atoms with E-state index in [2.05, 4.69) is 0 Å². The number of β-lactam (4-membered cyclic amide) rings is 1. The van der Waals surface area contributed by atoms with E-state index in [1.54, 1.807) is 31.0 Å². The third-order valence-corrected chi connectivity index (χ3v) is 5.42. The van der Waals surface area contributed by atoms with Crippen LogP contribution in [-0.2, 0) is 20.9 Å². The first kappa shape index (κ1) is 19.6. The Morgan fingerprint density at radius 1 is 1.36 bits per heavy atom. The van der Waals surface area contributed by atoms with Gasteiger partial charge in [-0.25, -0.2) is 4.79 Å². The van der Waals surface area contributed by atoms with Gasteiger partial charge in [-0.15, -0.1) is 23.4 Å². The molecule has 2 aliphatic rings. The molecule has 2 aliphatic heterocycles. The molecule has 136 valence electrons. The molecule has 8 heteroatoms. The second kappa shape index (κ2) is 9.12. The molecule has 0 aliphatic carbocycles. The summed E-state index contributed by atoms with van der Waals surface area (Å²) in [4.78, 5) is 25.7. The van der Waals surface area contributed by atoms with Crippen molar-refractivity contribution in [2.45, 2.75) is 18.4 Å². The molecule has 1 aromatic carbocycles. The highest BCUT2D eigenvalue weighted by atomic mass is 35.5. The van der Waals surface area contributed by atoms with Crippen LogP contribution in [0.3, 0.4) is 0 Å². The Hall–Kier alpha value is -1.70. The summed E-state index contributed by atoms with van der Waals surface area (Å²) < 4.78 is 10.5. The van der Waals surface area contributed by atoms with Crippen LogP contribution in [-0.4, -0.2) is 53.1 Å². The van der Waals surface area contributed by atoms with Crippen LogP contribution < -0.4 is 4.74 Å². The molecule has 1 saturated heterocycles. The van der Waals surface area contributed by atoms with Crippen molar-refractivity contribution < 1.29 is 24.2 Å². The monoisotopic (exact) mass is 385 g/mol. The third-order valence-electron chi connectivity index (χ3n) is 3.82. The van der Waals surface area contributed by atoms with Crippen molar-refractivity contribution in [3.05, 3.63) is 41.1 Å². The van der Waals surface area contributed by atoms with E-state index in [1.807, 2.05) is 12.1 Å². The van der Waals surface area contributed by atoms with Crippen LogP contribution in [0.4, 0.5) is 0 Å². The molecule has 25 heavy (non-hydrogen) atoms. The van der Waals surface area contributed by atoms with Crippen LogP contribution in [0, 0.1) is 0 Å². The number of methoxy groups -OCH3 is 1. The van der Waals surface area contributed by atoms with Crippen LogP contribution in [0.25, 0.3) is 0 Å². The lowest BCUT2D eigenvalue weighted by atomic mass is 10.1. The average Bonchev–Trinajstić information content (AvgIpc) is 2.66. The van der Waals surface area contributed by atoms with Crippen molar-refractivity contribution in [3.63, 3.8) is 0 Å². The summed E-state index contributed by atoms with van der Waals surface area (Å²) in [5.74, 6) is 1.07. The minimum absolute atomic E-state index is 0.0398. The van der Waals surface area contributed by atoms with E-state index >= 15 is 0 Å². The molecule has 1 aromatic rings. The van der Waals surface area contributed by atoms with Crippen LogP contribution >= 0.6 is 23.4 Å². The second-order valence-corrected chi connectivity index (χ2v) is 6.68. The normalized spacial score (nSPS) is 18.6. The van der Waals surface area contributed by atoms with E-state index in [0.717, 1.165) is 24.0 Å². The number of esters is 1. The van der Waals surface area contributed by atoms with Crippen LogP contribution in [0.2, 0.25) is 0 Å². The molecule has 1 unspecified atom stereocenters. The Labute approximate surface area is 155 Å². The van der Waals surface area contributed by atoms with E-state index in [0.29, 0.717) is 17.9 Å². The maximum absolute atomic E-state index is 12.4. The first-order valence-corrected chi connectivity index (χ1v) is 9.18. The molecule has 0 saturated carbocycles. The molecule has 6 nitrogen and oxygen atoms in total. The highest BCUT2D eigenvalue weighted by molar-refractivity contribution is 8.00. The number of carbonyl (C=O) groups excluding carboxylic acids is 2. The lowest BCUT2D eigenvalue weighted by molar-refractivity contribution is -0.150. The van der Waals surface area contributed by atoms with Gasteiger partial charge in [-0.1, -0.05) is 12.1 Å². The summed E-state index contributed by atoms with van der Waals surface area (Å²) in [5.41, 5.74) is 1.93. The fraction of sp³-hybridized carbons (Fsp3) is 0.412. The lowest BCUT2D eigenvalue weighted by Crippen LogP contribution is -2.54. The number of carbonyl (C=O) groups is 2. The summed E-state index contributed by atoms with van der Waals surface area (Å²) in [7, 11) is 2.59. The predicted molar refractivity (Wildman–Crippen MR) is 96.4 cm³/mol. The van der Waals surface area contributed by atoms with Crippen molar-refractivity contribution >= 4 is 35.2 Å². The van der Waals surface area contributed by atoms with Gasteiger partial charge < -0.3 is 14.6 Å². The molecule has 0 radical (unpaired) electrons. The molecule has 1 atom stereocenters. The third kappa shape index (κ3) is 4.29. The second-order valence-electron chi connectivity index (χ2n) is 5.24. The Morgan fingerprint density at radius 2 is 2.04 bits per heavy atom.